The lowest BCUT2D eigenvalue weighted by atomic mass is 10.0. The van der Waals surface area contributed by atoms with Gasteiger partial charge in [0.2, 0.25) is 0 Å². The van der Waals surface area contributed by atoms with Crippen molar-refractivity contribution in [1.82, 2.24) is 4.98 Å². The third kappa shape index (κ3) is 4.87. The second kappa shape index (κ2) is 9.50. The summed E-state index contributed by atoms with van der Waals surface area (Å²) >= 11 is 6.26. The number of H-pyrrole nitrogens is 1. The number of nitrogens with one attached hydrogen (secondary N) is 3. The molecule has 1 amide bonds. The number of anilines is 2. The smallest absolute Gasteiger partial charge is 0.264 e. The van der Waals surface area contributed by atoms with E-state index in [9.17, 15) is 18.3 Å². The van der Waals surface area contributed by atoms with Crippen LogP contribution in [0.4, 0.5) is 11.4 Å². The van der Waals surface area contributed by atoms with Crippen LogP contribution in [-0.2, 0) is 21.2 Å². The quantitative estimate of drug-likeness (QED) is 0.351. The standard InChI is InChI=1S/C22H25ClN4O5S/c23-19-20-18(12-16(21(19)28)22(24)29)33(30,31)27-14-10-13(15-5-6-25-17(15)11-14)4-2-1-3-8-32-9-7-26-20/h5-6,10-12,25-28H,1-4,7-9H2,(H2,24,29). The van der Waals surface area contributed by atoms with Crippen molar-refractivity contribution < 1.29 is 23.1 Å². The van der Waals surface area contributed by atoms with Gasteiger partial charge in [-0.2, -0.15) is 0 Å². The molecule has 0 aliphatic carbocycles. The molecule has 4 rings (SSSR count). The van der Waals surface area contributed by atoms with Gasteiger partial charge in [0.05, 0.1) is 23.5 Å². The van der Waals surface area contributed by atoms with Crippen molar-refractivity contribution in [2.24, 2.45) is 5.73 Å². The van der Waals surface area contributed by atoms with E-state index >= 15 is 0 Å². The summed E-state index contributed by atoms with van der Waals surface area (Å²) in [7, 11) is -4.22. The minimum Gasteiger partial charge on any atom is -0.505 e. The maximum absolute atomic E-state index is 13.4. The number of phenols is 1. The van der Waals surface area contributed by atoms with Crippen molar-refractivity contribution in [3.05, 3.63) is 46.6 Å². The molecule has 0 fully saturated rings. The van der Waals surface area contributed by atoms with Gasteiger partial charge in [0.25, 0.3) is 15.9 Å². The maximum Gasteiger partial charge on any atom is 0.264 e. The van der Waals surface area contributed by atoms with Crippen LogP contribution in [0.1, 0.15) is 35.2 Å². The Bertz CT molecular complexity index is 1310. The molecule has 3 aromatic rings. The van der Waals surface area contributed by atoms with Crippen LogP contribution >= 0.6 is 11.6 Å². The van der Waals surface area contributed by atoms with Gasteiger partial charge in [-0.3, -0.25) is 9.52 Å². The SMILES string of the molecule is NC(=O)c1cc2c(c(Cl)c1O)NCCOCCCCCc1cc(cc3[nH]ccc13)NS2(=O)=O. The molecule has 0 atom stereocenters. The van der Waals surface area contributed by atoms with Gasteiger partial charge in [0.15, 0.2) is 0 Å². The number of aromatic hydroxyl groups is 1. The summed E-state index contributed by atoms with van der Waals surface area (Å²) in [6.07, 6.45) is 5.42. The summed E-state index contributed by atoms with van der Waals surface area (Å²) < 4.78 is 35.0. The summed E-state index contributed by atoms with van der Waals surface area (Å²) in [6.45, 7) is 1.13. The Morgan fingerprint density at radius 1 is 1.15 bits per heavy atom. The van der Waals surface area contributed by atoms with Gasteiger partial charge in [-0.1, -0.05) is 18.0 Å². The highest BCUT2D eigenvalue weighted by atomic mass is 35.5. The number of aromatic amines is 1. The first-order chi connectivity index (χ1) is 15.8. The number of benzene rings is 2. The highest BCUT2D eigenvalue weighted by molar-refractivity contribution is 7.93. The molecule has 6 N–H and O–H groups in total. The average molecular weight is 493 g/mol. The Balaban J connectivity index is 1.84. The summed E-state index contributed by atoms with van der Waals surface area (Å²) in [6, 6.07) is 6.50. The lowest BCUT2D eigenvalue weighted by Crippen LogP contribution is -2.20. The molecule has 0 saturated carbocycles. The number of hydrogen-bond acceptors (Lipinski definition) is 6. The van der Waals surface area contributed by atoms with Gasteiger partial charge < -0.3 is 25.9 Å². The number of fused-ring (bicyclic) bond motifs is 5. The second-order valence-electron chi connectivity index (χ2n) is 7.85. The van der Waals surface area contributed by atoms with Crippen molar-refractivity contribution in [2.45, 2.75) is 30.6 Å². The predicted molar refractivity (Wildman–Crippen MR) is 128 cm³/mol. The molecule has 1 aliphatic heterocycles. The number of ether oxygens (including phenoxy) is 1. The number of halogens is 1. The molecule has 1 aromatic heterocycles. The van der Waals surface area contributed by atoms with Gasteiger partial charge >= 0.3 is 0 Å². The molecule has 2 aromatic carbocycles. The van der Waals surface area contributed by atoms with Crippen LogP contribution in [0, 0.1) is 0 Å². The van der Waals surface area contributed by atoms with Crippen LogP contribution in [0.25, 0.3) is 10.9 Å². The van der Waals surface area contributed by atoms with Crippen LogP contribution in [0.2, 0.25) is 5.02 Å². The number of carbonyl (C=O) groups is 1. The number of hydrogen-bond donors (Lipinski definition) is 5. The summed E-state index contributed by atoms with van der Waals surface area (Å²) in [5.41, 5.74) is 7.08. The fourth-order valence-corrected chi connectivity index (χ4v) is 5.53. The molecule has 0 spiro atoms. The molecule has 33 heavy (non-hydrogen) atoms. The molecule has 0 saturated heterocycles. The average Bonchev–Trinajstić information content (AvgIpc) is 3.22. The van der Waals surface area contributed by atoms with E-state index in [0.717, 1.165) is 48.2 Å². The largest absolute Gasteiger partial charge is 0.505 e. The minimum absolute atomic E-state index is 0.0384. The van der Waals surface area contributed by atoms with Crippen molar-refractivity contribution in [3.63, 3.8) is 0 Å². The molecular formula is C22H25ClN4O5S. The minimum atomic E-state index is -4.22. The topological polar surface area (TPSA) is 147 Å². The summed E-state index contributed by atoms with van der Waals surface area (Å²) in [4.78, 5) is 14.6. The lowest BCUT2D eigenvalue weighted by molar-refractivity contribution is 0.0997. The first kappa shape index (κ1) is 23.2. The first-order valence-electron chi connectivity index (χ1n) is 10.6. The number of carbonyl (C=O) groups excluding carboxylic acids is 1. The predicted octanol–water partition coefficient (Wildman–Crippen LogP) is 3.58. The Labute approximate surface area is 196 Å². The van der Waals surface area contributed by atoms with E-state index in [-0.39, 0.29) is 22.2 Å². The molecule has 176 valence electrons. The fraction of sp³-hybridized carbons (Fsp3) is 0.318. The van der Waals surface area contributed by atoms with Crippen molar-refractivity contribution in [3.8, 4) is 5.75 Å². The van der Waals surface area contributed by atoms with Gasteiger partial charge in [-0.05, 0) is 49.1 Å². The van der Waals surface area contributed by atoms with E-state index in [1.165, 1.54) is 0 Å². The van der Waals surface area contributed by atoms with Gasteiger partial charge in [-0.15, -0.1) is 0 Å². The lowest BCUT2D eigenvalue weighted by Gasteiger charge is -2.18. The molecule has 11 heteroatoms. The number of nitrogens with two attached hydrogens (primary N) is 1. The molecule has 9 nitrogen and oxygen atoms in total. The number of amides is 1. The molecule has 2 heterocycles. The van der Waals surface area contributed by atoms with Crippen molar-refractivity contribution in [2.75, 3.05) is 29.8 Å². The first-order valence-corrected chi connectivity index (χ1v) is 12.4. The van der Waals surface area contributed by atoms with Gasteiger partial charge in [-0.25, -0.2) is 8.42 Å². The number of aryl methyl sites for hydroxylation is 1. The number of primary amides is 1. The second-order valence-corrected chi connectivity index (χ2v) is 9.88. The zero-order valence-corrected chi connectivity index (χ0v) is 19.4. The monoisotopic (exact) mass is 492 g/mol. The van der Waals surface area contributed by atoms with Crippen LogP contribution < -0.4 is 15.8 Å². The van der Waals surface area contributed by atoms with E-state index in [1.807, 2.05) is 12.3 Å². The zero-order valence-electron chi connectivity index (χ0n) is 17.8. The third-order valence-corrected chi connectivity index (χ3v) is 7.32. The van der Waals surface area contributed by atoms with Crippen LogP contribution in [-0.4, -0.2) is 44.2 Å². The van der Waals surface area contributed by atoms with Gasteiger partial charge in [0.1, 0.15) is 15.7 Å². The Morgan fingerprint density at radius 3 is 2.76 bits per heavy atom. The number of aromatic nitrogens is 1. The Morgan fingerprint density at radius 2 is 1.97 bits per heavy atom. The Hall–Kier alpha value is -2.95. The van der Waals surface area contributed by atoms with E-state index < -0.39 is 27.2 Å². The highest BCUT2D eigenvalue weighted by Gasteiger charge is 2.27. The van der Waals surface area contributed by atoms with Crippen LogP contribution in [0.5, 0.6) is 5.75 Å². The van der Waals surface area contributed by atoms with Crippen LogP contribution in [0.15, 0.2) is 35.4 Å². The van der Waals surface area contributed by atoms with Gasteiger partial charge in [0, 0.05) is 30.3 Å². The molecule has 2 bridgehead atoms. The fourth-order valence-electron chi connectivity index (χ4n) is 3.95. The van der Waals surface area contributed by atoms with Crippen LogP contribution in [0.3, 0.4) is 0 Å². The highest BCUT2D eigenvalue weighted by Crippen LogP contribution is 2.40. The normalized spacial score (nSPS) is 17.0. The zero-order chi connectivity index (χ0) is 23.6. The van der Waals surface area contributed by atoms with E-state index in [0.29, 0.717) is 18.9 Å². The molecule has 0 radical (unpaired) electrons. The number of sulfonamides is 1. The van der Waals surface area contributed by atoms with E-state index in [4.69, 9.17) is 22.1 Å². The van der Waals surface area contributed by atoms with Crippen molar-refractivity contribution >= 4 is 49.8 Å². The number of rotatable bonds is 1. The van der Waals surface area contributed by atoms with E-state index in [1.54, 1.807) is 12.1 Å². The summed E-state index contributed by atoms with van der Waals surface area (Å²) in [5, 5.41) is 13.9. The molecular weight excluding hydrogens is 468 g/mol. The molecule has 1 aliphatic rings. The van der Waals surface area contributed by atoms with E-state index in [2.05, 4.69) is 15.0 Å². The Kier molecular flexibility index (Phi) is 6.68. The molecule has 0 unspecified atom stereocenters. The maximum atomic E-state index is 13.4. The van der Waals surface area contributed by atoms with Crippen molar-refractivity contribution in [1.29, 1.82) is 0 Å². The summed E-state index contributed by atoms with van der Waals surface area (Å²) in [5.74, 6) is -1.59. The third-order valence-electron chi connectivity index (χ3n) is 5.55.